The van der Waals surface area contributed by atoms with Crippen LogP contribution in [0.2, 0.25) is 0 Å². The first-order valence-corrected chi connectivity index (χ1v) is 5.75. The third-order valence-electron chi connectivity index (χ3n) is 1.86. The maximum Gasteiger partial charge on any atom is 0.335 e. The molecule has 1 N–H and O–H groups in total. The summed E-state index contributed by atoms with van der Waals surface area (Å²) in [5.41, 5.74) is -0.126. The van der Waals surface area contributed by atoms with E-state index in [0.29, 0.717) is 4.90 Å². The van der Waals surface area contributed by atoms with Gasteiger partial charge in [-0.3, -0.25) is 0 Å². The largest absolute Gasteiger partial charge is 0.545 e. The van der Waals surface area contributed by atoms with Crippen molar-refractivity contribution in [3.8, 4) is 0 Å². The van der Waals surface area contributed by atoms with Crippen LogP contribution in [0.5, 0.6) is 0 Å². The summed E-state index contributed by atoms with van der Waals surface area (Å²) in [7, 11) is 0. The van der Waals surface area contributed by atoms with E-state index in [1.165, 1.54) is 23.9 Å². The van der Waals surface area contributed by atoms with E-state index in [2.05, 4.69) is 0 Å². The van der Waals surface area contributed by atoms with Gasteiger partial charge in [-0.05, 0) is 35.9 Å². The average Bonchev–Trinajstić information content (AvgIpc) is 2.25. The van der Waals surface area contributed by atoms with Crippen LogP contribution in [0.15, 0.2) is 23.1 Å². The lowest BCUT2D eigenvalue weighted by Crippen LogP contribution is -2.22. The summed E-state index contributed by atoms with van der Waals surface area (Å²) in [5.74, 6) is -1.68. The van der Waals surface area contributed by atoms with Gasteiger partial charge >= 0.3 is 5.97 Å². The highest BCUT2D eigenvalue weighted by Crippen LogP contribution is 2.22. The van der Waals surface area contributed by atoms with E-state index in [1.807, 2.05) is 6.92 Å². The summed E-state index contributed by atoms with van der Waals surface area (Å²) >= 11 is 1.43. The number of carboxylic acids is 2. The third kappa shape index (κ3) is 3.27. The summed E-state index contributed by atoms with van der Waals surface area (Å²) in [5, 5.41) is 19.5. The van der Waals surface area contributed by atoms with Crippen molar-refractivity contribution < 1.29 is 19.8 Å². The Hall–Kier alpha value is -1.49. The fourth-order valence-corrected chi connectivity index (χ4v) is 2.00. The predicted octanol–water partition coefficient (Wildman–Crippen LogP) is 1.25. The normalized spacial score (nSPS) is 10.1. The average molecular weight is 239 g/mol. The fraction of sp³-hybridized carbons (Fsp3) is 0.273. The van der Waals surface area contributed by atoms with Crippen LogP contribution in [0.25, 0.3) is 0 Å². The van der Waals surface area contributed by atoms with Crippen molar-refractivity contribution in [3.63, 3.8) is 0 Å². The Morgan fingerprint density at radius 1 is 1.31 bits per heavy atom. The van der Waals surface area contributed by atoms with Gasteiger partial charge in [0.25, 0.3) is 0 Å². The van der Waals surface area contributed by atoms with Gasteiger partial charge in [0.2, 0.25) is 0 Å². The molecule has 16 heavy (non-hydrogen) atoms. The smallest absolute Gasteiger partial charge is 0.335 e. The predicted molar refractivity (Wildman–Crippen MR) is 58.7 cm³/mol. The van der Waals surface area contributed by atoms with Gasteiger partial charge in [0, 0.05) is 4.90 Å². The first kappa shape index (κ1) is 12.6. The summed E-state index contributed by atoms with van der Waals surface area (Å²) < 4.78 is 0. The van der Waals surface area contributed by atoms with E-state index >= 15 is 0 Å². The molecule has 0 atom stereocenters. The molecule has 0 saturated heterocycles. The number of hydrogen-bond acceptors (Lipinski definition) is 4. The second-order valence-electron chi connectivity index (χ2n) is 3.19. The molecule has 0 aliphatic rings. The Kier molecular flexibility index (Phi) is 4.37. The van der Waals surface area contributed by atoms with E-state index in [1.54, 1.807) is 0 Å². The SMILES string of the molecule is CCCSc1cc(C(=O)[O-])cc(C(=O)O)c1. The maximum absolute atomic E-state index is 10.8. The third-order valence-corrected chi connectivity index (χ3v) is 3.04. The lowest BCUT2D eigenvalue weighted by atomic mass is 10.1. The molecule has 4 nitrogen and oxygen atoms in total. The molecule has 0 heterocycles. The molecule has 0 fully saturated rings. The number of carbonyl (C=O) groups is 2. The quantitative estimate of drug-likeness (QED) is 0.782. The Labute approximate surface area is 97.3 Å². The zero-order chi connectivity index (χ0) is 12.1. The summed E-state index contributed by atoms with van der Waals surface area (Å²) in [6.07, 6.45) is 0.933. The van der Waals surface area contributed by atoms with Crippen LogP contribution < -0.4 is 5.11 Å². The molecule has 0 radical (unpaired) electrons. The van der Waals surface area contributed by atoms with Crippen LogP contribution in [0, 0.1) is 0 Å². The van der Waals surface area contributed by atoms with Crippen molar-refractivity contribution in [2.75, 3.05) is 5.75 Å². The Bertz CT molecular complexity index is 382. The lowest BCUT2D eigenvalue weighted by molar-refractivity contribution is -0.255. The number of thioether (sulfide) groups is 1. The lowest BCUT2D eigenvalue weighted by Gasteiger charge is -2.07. The van der Waals surface area contributed by atoms with E-state index < -0.39 is 11.9 Å². The van der Waals surface area contributed by atoms with Crippen molar-refractivity contribution in [3.05, 3.63) is 29.3 Å². The van der Waals surface area contributed by atoms with E-state index in [9.17, 15) is 14.7 Å². The number of rotatable bonds is 5. The Morgan fingerprint density at radius 2 is 1.94 bits per heavy atom. The van der Waals surface area contributed by atoms with Crippen LogP contribution in [-0.4, -0.2) is 22.8 Å². The molecule has 0 amide bonds. The van der Waals surface area contributed by atoms with Gasteiger partial charge in [-0.2, -0.15) is 0 Å². The molecule has 0 saturated carbocycles. The minimum atomic E-state index is -1.36. The maximum atomic E-state index is 10.8. The number of carboxylic acid groups (broad SMARTS) is 2. The Balaban J connectivity index is 3.08. The first-order chi connectivity index (χ1) is 7.54. The van der Waals surface area contributed by atoms with Crippen LogP contribution in [-0.2, 0) is 0 Å². The zero-order valence-corrected chi connectivity index (χ0v) is 9.54. The summed E-state index contributed by atoms with van der Waals surface area (Å²) in [6.45, 7) is 1.99. The molecule has 1 aromatic carbocycles. The van der Waals surface area contributed by atoms with Gasteiger partial charge in [0.15, 0.2) is 0 Å². The number of benzene rings is 1. The van der Waals surface area contributed by atoms with E-state index in [4.69, 9.17) is 5.11 Å². The standard InChI is InChI=1S/C11H12O4S/c1-2-3-16-9-5-7(10(12)13)4-8(6-9)11(14)15/h4-6H,2-3H2,1H3,(H,12,13)(H,14,15)/p-1. The molecule has 1 aromatic rings. The van der Waals surface area contributed by atoms with Crippen LogP contribution in [0.4, 0.5) is 0 Å². The van der Waals surface area contributed by atoms with Crippen LogP contribution in [0.3, 0.4) is 0 Å². The summed E-state index contributed by atoms with van der Waals surface area (Å²) in [6, 6.07) is 4.00. The van der Waals surface area contributed by atoms with Gasteiger partial charge in [0.05, 0.1) is 11.5 Å². The molecule has 0 unspecified atom stereocenters. The van der Waals surface area contributed by atoms with Crippen molar-refractivity contribution in [2.45, 2.75) is 18.2 Å². The molecule has 0 aliphatic heterocycles. The van der Waals surface area contributed by atoms with Crippen LogP contribution >= 0.6 is 11.8 Å². The van der Waals surface area contributed by atoms with Crippen LogP contribution in [0.1, 0.15) is 34.1 Å². The second-order valence-corrected chi connectivity index (χ2v) is 4.36. The molecular weight excluding hydrogens is 228 g/mol. The monoisotopic (exact) mass is 239 g/mol. The highest BCUT2D eigenvalue weighted by atomic mass is 32.2. The zero-order valence-electron chi connectivity index (χ0n) is 8.73. The minimum Gasteiger partial charge on any atom is -0.545 e. The Morgan fingerprint density at radius 3 is 2.44 bits per heavy atom. The van der Waals surface area contributed by atoms with Gasteiger partial charge < -0.3 is 15.0 Å². The molecular formula is C11H11O4S-. The van der Waals surface area contributed by atoms with E-state index in [0.717, 1.165) is 18.2 Å². The van der Waals surface area contributed by atoms with Crippen molar-refractivity contribution in [1.82, 2.24) is 0 Å². The topological polar surface area (TPSA) is 77.4 Å². The number of hydrogen-bond donors (Lipinski definition) is 1. The number of aromatic carboxylic acids is 2. The molecule has 5 heteroatoms. The molecule has 0 aliphatic carbocycles. The van der Waals surface area contributed by atoms with Crippen molar-refractivity contribution in [2.24, 2.45) is 0 Å². The number of carbonyl (C=O) groups excluding carboxylic acids is 1. The van der Waals surface area contributed by atoms with Gasteiger partial charge in [0.1, 0.15) is 0 Å². The summed E-state index contributed by atoms with van der Waals surface area (Å²) in [4.78, 5) is 22.1. The molecule has 0 spiro atoms. The highest BCUT2D eigenvalue weighted by molar-refractivity contribution is 7.99. The van der Waals surface area contributed by atoms with Gasteiger partial charge in [-0.15, -0.1) is 11.8 Å². The van der Waals surface area contributed by atoms with E-state index in [-0.39, 0.29) is 11.1 Å². The molecule has 0 bridgehead atoms. The molecule has 1 rings (SSSR count). The fourth-order valence-electron chi connectivity index (χ4n) is 1.14. The van der Waals surface area contributed by atoms with Crippen molar-refractivity contribution in [1.29, 1.82) is 0 Å². The van der Waals surface area contributed by atoms with Crippen molar-refractivity contribution >= 4 is 23.7 Å². The molecule has 86 valence electrons. The second kappa shape index (κ2) is 5.55. The minimum absolute atomic E-state index is 0.0275. The van der Waals surface area contributed by atoms with Gasteiger partial charge in [-0.1, -0.05) is 6.92 Å². The first-order valence-electron chi connectivity index (χ1n) is 4.77. The highest BCUT2D eigenvalue weighted by Gasteiger charge is 2.07. The van der Waals surface area contributed by atoms with Gasteiger partial charge in [-0.25, -0.2) is 4.79 Å². The molecule has 0 aromatic heterocycles.